The van der Waals surface area contributed by atoms with Crippen molar-refractivity contribution in [2.75, 3.05) is 5.32 Å². The van der Waals surface area contributed by atoms with Gasteiger partial charge in [-0.05, 0) is 32.0 Å². The lowest BCUT2D eigenvalue weighted by Crippen LogP contribution is -2.09. The topological polar surface area (TPSA) is 62.8 Å². The summed E-state index contributed by atoms with van der Waals surface area (Å²) < 4.78 is 6.78. The van der Waals surface area contributed by atoms with E-state index in [4.69, 9.17) is 4.74 Å². The highest BCUT2D eigenvalue weighted by molar-refractivity contribution is 9.10. The Labute approximate surface area is 114 Å². The normalized spacial score (nSPS) is 10.7. The molecule has 0 atom stereocenters. The zero-order valence-corrected chi connectivity index (χ0v) is 11.9. The third-order valence-electron chi connectivity index (χ3n) is 2.25. The first kappa shape index (κ1) is 12.9. The van der Waals surface area contributed by atoms with Crippen LogP contribution in [0.2, 0.25) is 0 Å². The van der Waals surface area contributed by atoms with Gasteiger partial charge in [0.25, 0.3) is 0 Å². The molecule has 96 valence electrons. The summed E-state index contributed by atoms with van der Waals surface area (Å²) in [6.45, 7) is 4.64. The Bertz CT molecular complexity index is 499. The molecule has 1 aromatic heterocycles. The van der Waals surface area contributed by atoms with Crippen LogP contribution in [0.3, 0.4) is 0 Å². The zero-order valence-electron chi connectivity index (χ0n) is 10.3. The molecule has 0 aliphatic rings. The molecule has 6 heteroatoms. The van der Waals surface area contributed by atoms with Gasteiger partial charge in [-0.25, -0.2) is 10.1 Å². The van der Waals surface area contributed by atoms with Crippen molar-refractivity contribution in [3.63, 3.8) is 0 Å². The smallest absolute Gasteiger partial charge is 0.218 e. The average molecular weight is 311 g/mol. The fraction of sp³-hybridized carbons (Fsp3) is 0.333. The lowest BCUT2D eigenvalue weighted by atomic mass is 10.2. The molecule has 0 unspecified atom stereocenters. The Morgan fingerprint density at radius 1 is 1.44 bits per heavy atom. The van der Waals surface area contributed by atoms with E-state index in [0.717, 1.165) is 15.8 Å². The van der Waals surface area contributed by atoms with Crippen LogP contribution >= 0.6 is 15.9 Å². The third-order valence-corrected chi connectivity index (χ3v) is 2.74. The van der Waals surface area contributed by atoms with Gasteiger partial charge in [0.05, 0.1) is 6.10 Å². The Morgan fingerprint density at radius 3 is 2.94 bits per heavy atom. The molecule has 2 aromatic rings. The first-order valence-electron chi connectivity index (χ1n) is 5.69. The van der Waals surface area contributed by atoms with Crippen molar-refractivity contribution in [2.24, 2.45) is 0 Å². The maximum absolute atomic E-state index is 5.76. The van der Waals surface area contributed by atoms with Gasteiger partial charge in [0.2, 0.25) is 5.95 Å². The number of hydrogen-bond donors (Lipinski definition) is 2. The second-order valence-corrected chi connectivity index (χ2v) is 5.02. The molecule has 2 rings (SSSR count). The fourth-order valence-electron chi connectivity index (χ4n) is 1.52. The Hall–Kier alpha value is -1.56. The molecule has 0 saturated carbocycles. The largest absolute Gasteiger partial charge is 0.491 e. The minimum atomic E-state index is 0.148. The van der Waals surface area contributed by atoms with Crippen LogP contribution in [0, 0.1) is 0 Å². The van der Waals surface area contributed by atoms with E-state index in [9.17, 15) is 0 Å². The van der Waals surface area contributed by atoms with Gasteiger partial charge in [-0.2, -0.15) is 5.10 Å². The summed E-state index contributed by atoms with van der Waals surface area (Å²) in [6, 6.07) is 5.96. The van der Waals surface area contributed by atoms with Crippen molar-refractivity contribution < 1.29 is 4.74 Å². The number of aromatic nitrogens is 3. The minimum Gasteiger partial charge on any atom is -0.491 e. The molecular formula is C12H15BrN4O. The van der Waals surface area contributed by atoms with Gasteiger partial charge >= 0.3 is 0 Å². The summed E-state index contributed by atoms with van der Waals surface area (Å²) in [5, 5.41) is 9.69. The van der Waals surface area contributed by atoms with Crippen molar-refractivity contribution in [3.05, 3.63) is 34.6 Å². The summed E-state index contributed by atoms with van der Waals surface area (Å²) in [6.07, 6.45) is 1.62. The van der Waals surface area contributed by atoms with Crippen LogP contribution in [-0.2, 0) is 6.54 Å². The number of ether oxygens (including phenoxy) is 1. The number of benzene rings is 1. The second-order valence-electron chi connectivity index (χ2n) is 4.11. The molecule has 5 nitrogen and oxygen atoms in total. The Kier molecular flexibility index (Phi) is 4.19. The van der Waals surface area contributed by atoms with Crippen LogP contribution in [0.4, 0.5) is 5.95 Å². The van der Waals surface area contributed by atoms with Crippen molar-refractivity contribution in [3.8, 4) is 5.75 Å². The van der Waals surface area contributed by atoms with Crippen LogP contribution in [0.15, 0.2) is 29.0 Å². The Morgan fingerprint density at radius 2 is 2.28 bits per heavy atom. The number of hydrogen-bond acceptors (Lipinski definition) is 4. The van der Waals surface area contributed by atoms with Crippen LogP contribution in [-0.4, -0.2) is 21.3 Å². The van der Waals surface area contributed by atoms with Crippen molar-refractivity contribution in [2.45, 2.75) is 26.5 Å². The van der Waals surface area contributed by atoms with Crippen LogP contribution < -0.4 is 10.1 Å². The van der Waals surface area contributed by atoms with Gasteiger partial charge < -0.3 is 10.1 Å². The van der Waals surface area contributed by atoms with Gasteiger partial charge in [-0.15, -0.1) is 0 Å². The molecule has 0 radical (unpaired) electrons. The molecule has 1 heterocycles. The van der Waals surface area contributed by atoms with Gasteiger partial charge in [-0.1, -0.05) is 15.9 Å². The molecule has 0 fully saturated rings. The molecule has 0 spiro atoms. The van der Waals surface area contributed by atoms with E-state index < -0.39 is 0 Å². The van der Waals surface area contributed by atoms with Gasteiger partial charge in [0, 0.05) is 16.6 Å². The molecule has 0 aliphatic heterocycles. The average Bonchev–Trinajstić information content (AvgIpc) is 2.82. The van der Waals surface area contributed by atoms with Crippen molar-refractivity contribution in [1.82, 2.24) is 15.2 Å². The SMILES string of the molecule is CC(C)Oc1ccc(Br)cc1CNc1ncn[nH]1. The number of halogens is 1. The quantitative estimate of drug-likeness (QED) is 0.891. The van der Waals surface area contributed by atoms with E-state index in [1.165, 1.54) is 6.33 Å². The molecule has 18 heavy (non-hydrogen) atoms. The van der Waals surface area contributed by atoms with Gasteiger partial charge in [-0.3, -0.25) is 0 Å². The lowest BCUT2D eigenvalue weighted by molar-refractivity contribution is 0.240. The van der Waals surface area contributed by atoms with E-state index in [1.54, 1.807) is 0 Å². The molecule has 0 saturated heterocycles. The molecule has 1 aromatic carbocycles. The lowest BCUT2D eigenvalue weighted by Gasteiger charge is -2.14. The third kappa shape index (κ3) is 3.46. The number of anilines is 1. The van der Waals surface area contributed by atoms with Crippen LogP contribution in [0.5, 0.6) is 5.75 Å². The molecule has 0 amide bonds. The molecule has 0 bridgehead atoms. The minimum absolute atomic E-state index is 0.148. The predicted octanol–water partition coefficient (Wildman–Crippen LogP) is 2.97. The summed E-state index contributed by atoms with van der Waals surface area (Å²) in [4.78, 5) is 4.01. The van der Waals surface area contributed by atoms with E-state index >= 15 is 0 Å². The van der Waals surface area contributed by atoms with Crippen molar-refractivity contribution in [1.29, 1.82) is 0 Å². The highest BCUT2D eigenvalue weighted by Gasteiger charge is 2.07. The first-order valence-corrected chi connectivity index (χ1v) is 6.49. The Balaban J connectivity index is 2.11. The number of aromatic amines is 1. The predicted molar refractivity (Wildman–Crippen MR) is 73.6 cm³/mol. The van der Waals surface area contributed by atoms with Crippen LogP contribution in [0.25, 0.3) is 0 Å². The molecule has 2 N–H and O–H groups in total. The summed E-state index contributed by atoms with van der Waals surface area (Å²) in [5.74, 6) is 1.52. The summed E-state index contributed by atoms with van der Waals surface area (Å²) in [7, 11) is 0. The number of nitrogens with zero attached hydrogens (tertiary/aromatic N) is 2. The van der Waals surface area contributed by atoms with E-state index in [1.807, 2.05) is 32.0 Å². The number of rotatable bonds is 5. The maximum Gasteiger partial charge on any atom is 0.218 e. The molecular weight excluding hydrogens is 296 g/mol. The summed E-state index contributed by atoms with van der Waals surface area (Å²) >= 11 is 3.46. The standard InChI is InChI=1S/C12H15BrN4O/c1-8(2)18-11-4-3-10(13)5-9(11)6-14-12-15-7-16-17-12/h3-5,7-8H,6H2,1-2H3,(H2,14,15,16,17). The monoisotopic (exact) mass is 310 g/mol. The zero-order chi connectivity index (χ0) is 13.0. The van der Waals surface area contributed by atoms with E-state index in [0.29, 0.717) is 12.5 Å². The second kappa shape index (κ2) is 5.86. The molecule has 0 aliphatic carbocycles. The highest BCUT2D eigenvalue weighted by Crippen LogP contribution is 2.24. The van der Waals surface area contributed by atoms with E-state index in [-0.39, 0.29) is 6.10 Å². The summed E-state index contributed by atoms with van der Waals surface area (Å²) in [5.41, 5.74) is 1.06. The highest BCUT2D eigenvalue weighted by atomic mass is 79.9. The maximum atomic E-state index is 5.76. The van der Waals surface area contributed by atoms with E-state index in [2.05, 4.69) is 36.4 Å². The number of H-pyrrole nitrogens is 1. The van der Waals surface area contributed by atoms with Crippen molar-refractivity contribution >= 4 is 21.9 Å². The fourth-order valence-corrected chi connectivity index (χ4v) is 1.93. The van der Waals surface area contributed by atoms with Gasteiger partial charge in [0.1, 0.15) is 12.1 Å². The van der Waals surface area contributed by atoms with Gasteiger partial charge in [0.15, 0.2) is 0 Å². The van der Waals surface area contributed by atoms with Crippen LogP contribution in [0.1, 0.15) is 19.4 Å². The first-order chi connectivity index (χ1) is 8.65. The number of nitrogens with one attached hydrogen (secondary N) is 2.